The number of carbonyl (C=O) groups excluding carboxylic acids is 4. The molecule has 0 aliphatic rings. The molecule has 197 valence electrons. The molecule has 0 spiro atoms. The van der Waals surface area contributed by atoms with Gasteiger partial charge in [-0.25, -0.2) is 0 Å². The first-order chi connectivity index (χ1) is 15.5. The van der Waals surface area contributed by atoms with Gasteiger partial charge in [0.2, 0.25) is 11.8 Å². The molecule has 0 fully saturated rings. The zero-order valence-electron chi connectivity index (χ0n) is 19.1. The number of nitrogens with two attached hydrogens (primary N) is 2. The van der Waals surface area contributed by atoms with Crippen LogP contribution in [0.4, 0.5) is 0 Å². The second kappa shape index (κ2) is 27.7. The predicted molar refractivity (Wildman–Crippen MR) is 113 cm³/mol. The van der Waals surface area contributed by atoms with Gasteiger partial charge in [0.05, 0.1) is 0 Å². The van der Waals surface area contributed by atoms with E-state index in [1.807, 2.05) is 0 Å². The van der Waals surface area contributed by atoms with Crippen LogP contribution in [0.25, 0.3) is 0 Å². The zero-order chi connectivity index (χ0) is 27.7. The van der Waals surface area contributed by atoms with Crippen molar-refractivity contribution >= 4 is 35.7 Å². The van der Waals surface area contributed by atoms with Crippen LogP contribution in [0.15, 0.2) is 49.1 Å². The van der Waals surface area contributed by atoms with E-state index >= 15 is 0 Å². The van der Waals surface area contributed by atoms with Crippen LogP contribution in [0, 0.1) is 0 Å². The minimum absolute atomic E-state index is 0. The summed E-state index contributed by atoms with van der Waals surface area (Å²) in [4.78, 5) is 64.0. The maximum atomic E-state index is 10.4. The number of hydrogen-bond acceptors (Lipinski definition) is 10. The van der Waals surface area contributed by atoms with Crippen LogP contribution < -0.4 is 21.7 Å². The molecule has 2 heterocycles. The minimum Gasteiger partial charge on any atom is -0.550 e. The van der Waals surface area contributed by atoms with Crippen molar-refractivity contribution in [3.63, 3.8) is 0 Å². The van der Waals surface area contributed by atoms with Gasteiger partial charge in [-0.2, -0.15) is 0 Å². The van der Waals surface area contributed by atoms with Crippen molar-refractivity contribution in [2.24, 2.45) is 11.5 Å². The molecule has 2 rings (SSSR count). The first-order valence-corrected chi connectivity index (χ1v) is 8.68. The fourth-order valence-electron chi connectivity index (χ4n) is 1.03. The smallest absolute Gasteiger partial charge is 0.550 e. The van der Waals surface area contributed by atoms with Crippen LogP contribution in [-0.4, -0.2) is 55.9 Å². The van der Waals surface area contributed by atoms with Gasteiger partial charge in [0.25, 0.3) is 11.9 Å². The molecule has 15 heteroatoms. The third kappa shape index (κ3) is 58.7. The number of carboxylic acids is 4. The third-order valence-electron chi connectivity index (χ3n) is 1.93. The van der Waals surface area contributed by atoms with Crippen molar-refractivity contribution in [3.05, 3.63) is 60.2 Å². The first-order valence-electron chi connectivity index (χ1n) is 8.68. The summed E-state index contributed by atoms with van der Waals surface area (Å²) in [5, 5.41) is 32.6. The van der Waals surface area contributed by atoms with Gasteiger partial charge in [-0.3, -0.25) is 29.1 Å². The molecule has 0 aromatic carbocycles. The Morgan fingerprint density at radius 3 is 0.857 bits per heavy atom. The Bertz CT molecular complexity index is 768. The zero-order valence-corrected chi connectivity index (χ0v) is 20.1. The largest absolute Gasteiger partial charge is 2.00 e. The van der Waals surface area contributed by atoms with Crippen LogP contribution in [0.3, 0.4) is 0 Å². The maximum Gasteiger partial charge on any atom is 2.00 e. The van der Waals surface area contributed by atoms with Crippen LogP contribution in [0.5, 0.6) is 0 Å². The molecule has 2 aromatic rings. The van der Waals surface area contributed by atoms with Gasteiger partial charge in [-0.1, -0.05) is 0 Å². The van der Waals surface area contributed by atoms with Gasteiger partial charge in [0.1, 0.15) is 0 Å². The summed E-state index contributed by atoms with van der Waals surface area (Å²) in [5.74, 6) is -4.67. The average Bonchev–Trinajstić information content (AvgIpc) is 2.68. The molecule has 0 saturated heterocycles. The topological polar surface area (TPSA) is 267 Å². The van der Waals surface area contributed by atoms with E-state index in [2.05, 4.69) is 9.97 Å². The SMILES string of the molecule is CC(=O)O.CC(=O)O.CC(=O)[O-].CC(=O)[O-].NC(=O)c1ccncc1.NC(=O)c1ccncc1.[Cu+2]. The number of nitrogens with zero attached hydrogens (tertiary/aromatic N) is 2. The Kier molecular flexibility index (Phi) is 32.4. The van der Waals surface area contributed by atoms with Crippen molar-refractivity contribution in [1.82, 2.24) is 9.97 Å². The fourth-order valence-corrected chi connectivity index (χ4v) is 1.03. The van der Waals surface area contributed by atoms with Crippen molar-refractivity contribution in [1.29, 1.82) is 0 Å². The maximum absolute atomic E-state index is 10.4. The normalized spacial score (nSPS) is 7.43. The van der Waals surface area contributed by atoms with Crippen LogP contribution >= 0.6 is 0 Å². The van der Waals surface area contributed by atoms with Gasteiger partial charge in [0.15, 0.2) is 0 Å². The van der Waals surface area contributed by atoms with E-state index < -0.39 is 35.7 Å². The average molecular weight is 546 g/mol. The molecule has 35 heavy (non-hydrogen) atoms. The number of aliphatic carboxylic acids is 4. The van der Waals surface area contributed by atoms with E-state index in [1.165, 1.54) is 24.8 Å². The first kappa shape index (κ1) is 40.9. The minimum atomic E-state index is -1.08. The number of carbonyl (C=O) groups is 6. The number of carboxylic acid groups (broad SMARTS) is 4. The van der Waals surface area contributed by atoms with E-state index in [-0.39, 0.29) is 17.1 Å². The molecule has 0 unspecified atom stereocenters. The van der Waals surface area contributed by atoms with Gasteiger partial charge < -0.3 is 41.5 Å². The fraction of sp³-hybridized carbons (Fsp3) is 0.200. The van der Waals surface area contributed by atoms with Crippen molar-refractivity contribution in [2.45, 2.75) is 27.7 Å². The monoisotopic (exact) mass is 545 g/mol. The summed E-state index contributed by atoms with van der Waals surface area (Å²) in [5.41, 5.74) is 10.9. The van der Waals surface area contributed by atoms with E-state index in [0.29, 0.717) is 11.1 Å². The summed E-state index contributed by atoms with van der Waals surface area (Å²) in [7, 11) is 0. The number of amides is 2. The number of primary amides is 2. The van der Waals surface area contributed by atoms with Gasteiger partial charge in [-0.05, 0) is 38.1 Å². The predicted octanol–water partition coefficient (Wildman–Crippen LogP) is -1.95. The molecule has 0 aliphatic heterocycles. The quantitative estimate of drug-likeness (QED) is 0.300. The molecule has 0 aliphatic carbocycles. The van der Waals surface area contributed by atoms with E-state index in [0.717, 1.165) is 27.7 Å². The summed E-state index contributed by atoms with van der Waals surface area (Å²) in [6, 6.07) is 6.29. The summed E-state index contributed by atoms with van der Waals surface area (Å²) in [6.45, 7) is 4.11. The molecule has 0 saturated carbocycles. The molecular weight excluding hydrogens is 520 g/mol. The van der Waals surface area contributed by atoms with Crippen LogP contribution in [-0.2, 0) is 36.2 Å². The number of rotatable bonds is 2. The molecule has 14 nitrogen and oxygen atoms in total. The van der Waals surface area contributed by atoms with Gasteiger partial charge in [0, 0.05) is 61.7 Å². The van der Waals surface area contributed by atoms with E-state index in [9.17, 15) is 9.59 Å². The van der Waals surface area contributed by atoms with E-state index in [1.54, 1.807) is 24.3 Å². The summed E-state index contributed by atoms with van der Waals surface area (Å²) in [6.07, 6.45) is 6.11. The molecule has 2 aromatic heterocycles. The van der Waals surface area contributed by atoms with Crippen molar-refractivity contribution in [2.75, 3.05) is 0 Å². The summed E-state index contributed by atoms with van der Waals surface area (Å²) >= 11 is 0. The second-order valence-electron chi connectivity index (χ2n) is 5.22. The Hall–Kier alpha value is -4.36. The van der Waals surface area contributed by atoms with Crippen molar-refractivity contribution in [3.8, 4) is 0 Å². The van der Waals surface area contributed by atoms with Crippen LogP contribution in [0.2, 0.25) is 0 Å². The molecule has 1 radical (unpaired) electrons. The molecule has 6 N–H and O–H groups in total. The Labute approximate surface area is 211 Å². The Balaban J connectivity index is -0.000000108. The second-order valence-corrected chi connectivity index (χ2v) is 5.22. The van der Waals surface area contributed by atoms with Crippen molar-refractivity contribution < 1.29 is 66.3 Å². The molecular formula is C20H26CuN4O10. The third-order valence-corrected chi connectivity index (χ3v) is 1.93. The standard InChI is InChI=1S/2C6H6N2O.4C2H4O2.Cu/c2*7-6(9)5-1-3-8-4-2-5;4*1-2(3)4;/h2*1-4H,(H2,7,9);4*1H3,(H,3,4);/q;;;;;;+2/p-2. The number of hydrogen-bond donors (Lipinski definition) is 4. The van der Waals surface area contributed by atoms with Gasteiger partial charge in [-0.15, -0.1) is 0 Å². The van der Waals surface area contributed by atoms with Crippen LogP contribution in [0.1, 0.15) is 48.4 Å². The molecule has 0 atom stereocenters. The molecule has 2 amide bonds. The Morgan fingerprint density at radius 1 is 0.629 bits per heavy atom. The molecule has 0 bridgehead atoms. The number of aromatic nitrogens is 2. The van der Waals surface area contributed by atoms with Gasteiger partial charge >= 0.3 is 17.1 Å². The Morgan fingerprint density at radius 2 is 0.771 bits per heavy atom. The number of pyridine rings is 2. The van der Waals surface area contributed by atoms with E-state index in [4.69, 9.17) is 51.1 Å². The summed E-state index contributed by atoms with van der Waals surface area (Å²) < 4.78 is 0.